The number of carbonyl (C=O) groups is 1. The number of aromatic carboxylic acids is 1. The summed E-state index contributed by atoms with van der Waals surface area (Å²) < 4.78 is 25.8. The molecule has 0 bridgehead atoms. The Hall–Kier alpha value is -3.42. The molecule has 6 nitrogen and oxygen atoms in total. The van der Waals surface area contributed by atoms with E-state index in [-0.39, 0.29) is 5.56 Å². The van der Waals surface area contributed by atoms with E-state index in [4.69, 9.17) is 0 Å². The average Bonchev–Trinajstić information content (AvgIpc) is 2.72. The second kappa shape index (κ2) is 7.78. The first-order valence-electron chi connectivity index (χ1n) is 9.22. The summed E-state index contributed by atoms with van der Waals surface area (Å²) in [7, 11) is 3.89. The lowest BCUT2D eigenvalue weighted by atomic mass is 10.0. The third kappa shape index (κ3) is 3.49. The van der Waals surface area contributed by atoms with Crippen molar-refractivity contribution in [3.8, 4) is 0 Å². The molecule has 0 radical (unpaired) electrons. The zero-order chi connectivity index (χ0) is 21.4. The summed E-state index contributed by atoms with van der Waals surface area (Å²) in [5, 5.41) is 12.4. The van der Waals surface area contributed by atoms with Crippen molar-refractivity contribution >= 4 is 55.8 Å². The largest absolute Gasteiger partial charge is 0.755 e. The fraction of sp³-hybridized carbons (Fsp3) is 0.0870. The van der Waals surface area contributed by atoms with Gasteiger partial charge in [0.25, 0.3) is 0 Å². The number of carboxylic acids is 1. The molecule has 0 spiro atoms. The van der Waals surface area contributed by atoms with Crippen molar-refractivity contribution in [2.24, 2.45) is 0 Å². The van der Waals surface area contributed by atoms with E-state index in [0.717, 1.165) is 27.2 Å². The first kappa shape index (κ1) is 19.9. The summed E-state index contributed by atoms with van der Waals surface area (Å²) in [5.74, 6) is -1.00. The van der Waals surface area contributed by atoms with Gasteiger partial charge in [-0.15, -0.1) is 0 Å². The summed E-state index contributed by atoms with van der Waals surface area (Å²) in [4.78, 5) is 13.2. The van der Waals surface area contributed by atoms with Gasteiger partial charge in [-0.3, -0.25) is 8.51 Å². The lowest BCUT2D eigenvalue weighted by Crippen LogP contribution is -2.20. The Morgan fingerprint density at radius 3 is 2.10 bits per heavy atom. The average molecular weight is 419 g/mol. The van der Waals surface area contributed by atoms with E-state index in [0.29, 0.717) is 11.4 Å². The molecule has 4 aromatic carbocycles. The van der Waals surface area contributed by atoms with Crippen LogP contribution in [0.4, 0.5) is 17.1 Å². The van der Waals surface area contributed by atoms with Gasteiger partial charge in [0.15, 0.2) is 0 Å². The second-order valence-corrected chi connectivity index (χ2v) is 7.91. The molecule has 0 amide bonds. The van der Waals surface area contributed by atoms with Crippen LogP contribution in [0.25, 0.3) is 21.5 Å². The zero-order valence-electron chi connectivity index (χ0n) is 16.4. The Bertz CT molecular complexity index is 1300. The number of rotatable bonds is 5. The number of hydrogen-bond donors (Lipinski definition) is 1. The molecule has 0 aliphatic heterocycles. The van der Waals surface area contributed by atoms with E-state index in [1.807, 2.05) is 49.3 Å². The smallest absolute Gasteiger partial charge is 0.335 e. The molecule has 0 aromatic heterocycles. The minimum absolute atomic E-state index is 0.185. The van der Waals surface area contributed by atoms with Gasteiger partial charge in [0, 0.05) is 30.6 Å². The highest BCUT2D eigenvalue weighted by atomic mass is 32.2. The number of hydrogen-bond acceptors (Lipinski definition) is 4. The quantitative estimate of drug-likeness (QED) is 0.475. The first-order valence-corrected chi connectivity index (χ1v) is 10.3. The Morgan fingerprint density at radius 1 is 0.867 bits per heavy atom. The van der Waals surface area contributed by atoms with Crippen LogP contribution in [-0.4, -0.2) is 33.9 Å². The van der Waals surface area contributed by atoms with Crippen LogP contribution in [-0.2, 0) is 11.3 Å². The monoisotopic (exact) mass is 419 g/mol. The summed E-state index contributed by atoms with van der Waals surface area (Å²) >= 11 is -2.56. The van der Waals surface area contributed by atoms with Crippen molar-refractivity contribution in [2.75, 3.05) is 23.3 Å². The van der Waals surface area contributed by atoms with Gasteiger partial charge >= 0.3 is 5.97 Å². The van der Waals surface area contributed by atoms with Crippen molar-refractivity contribution in [1.82, 2.24) is 0 Å². The summed E-state index contributed by atoms with van der Waals surface area (Å²) in [6.07, 6.45) is 0. The number of nitrogens with zero attached hydrogens (tertiary/aromatic N) is 2. The Morgan fingerprint density at radius 2 is 1.47 bits per heavy atom. The van der Waals surface area contributed by atoms with Crippen molar-refractivity contribution < 1.29 is 18.7 Å². The van der Waals surface area contributed by atoms with Crippen molar-refractivity contribution in [3.63, 3.8) is 0 Å². The van der Waals surface area contributed by atoms with E-state index < -0.39 is 17.2 Å². The van der Waals surface area contributed by atoms with Gasteiger partial charge in [0.1, 0.15) is 0 Å². The van der Waals surface area contributed by atoms with Crippen LogP contribution in [0.15, 0.2) is 72.8 Å². The van der Waals surface area contributed by atoms with Crippen molar-refractivity contribution in [1.29, 1.82) is 0 Å². The molecule has 0 saturated heterocycles. The Kier molecular flexibility index (Phi) is 5.15. The zero-order valence-corrected chi connectivity index (χ0v) is 17.2. The van der Waals surface area contributed by atoms with Gasteiger partial charge in [0.05, 0.1) is 28.2 Å². The van der Waals surface area contributed by atoms with Crippen LogP contribution in [0.2, 0.25) is 0 Å². The third-order valence-electron chi connectivity index (χ3n) is 5.03. The highest BCUT2D eigenvalue weighted by molar-refractivity contribution is 7.81. The molecule has 7 heteroatoms. The molecule has 4 rings (SSSR count). The maximum atomic E-state index is 12.3. The highest BCUT2D eigenvalue weighted by Crippen LogP contribution is 2.37. The SMILES string of the molecule is CN(C)c1cccc2c(N(c3ccc4cc(C(=O)O)ccc4c3)S(=O)[O-])cccc12. The number of fused-ring (bicyclic) bond motifs is 2. The molecule has 0 aliphatic rings. The molecule has 0 aliphatic carbocycles. The minimum atomic E-state index is -2.56. The first-order chi connectivity index (χ1) is 14.4. The van der Waals surface area contributed by atoms with Crippen molar-refractivity contribution in [3.05, 3.63) is 78.4 Å². The molecule has 0 fully saturated rings. The standard InChI is InChI=1S/C23H20N2O4S/c1-24(2)21-7-3-6-20-19(21)5-4-8-22(20)25(30(28)29)18-12-11-15-13-17(23(26)27)10-9-16(15)14-18/h3-14H,1-2H3,(H,26,27)(H,28,29)/p-1. The van der Waals surface area contributed by atoms with E-state index in [2.05, 4.69) is 0 Å². The Balaban J connectivity index is 1.90. The number of benzene rings is 4. The minimum Gasteiger partial charge on any atom is -0.755 e. The van der Waals surface area contributed by atoms with Gasteiger partial charge in [-0.1, -0.05) is 36.4 Å². The lowest BCUT2D eigenvalue weighted by Gasteiger charge is -2.28. The Labute approximate surface area is 176 Å². The maximum absolute atomic E-state index is 12.3. The van der Waals surface area contributed by atoms with Gasteiger partial charge in [0.2, 0.25) is 0 Å². The van der Waals surface area contributed by atoms with Gasteiger partial charge in [-0.2, -0.15) is 0 Å². The van der Waals surface area contributed by atoms with E-state index >= 15 is 0 Å². The summed E-state index contributed by atoms with van der Waals surface area (Å²) in [6.45, 7) is 0. The topological polar surface area (TPSA) is 83.9 Å². The summed E-state index contributed by atoms with van der Waals surface area (Å²) in [6, 6.07) is 21.3. The van der Waals surface area contributed by atoms with Crippen LogP contribution in [0.5, 0.6) is 0 Å². The molecular weight excluding hydrogens is 400 g/mol. The molecule has 1 N–H and O–H groups in total. The lowest BCUT2D eigenvalue weighted by molar-refractivity contribution is 0.0697. The molecular formula is C23H19N2O4S-. The van der Waals surface area contributed by atoms with Crippen molar-refractivity contribution in [2.45, 2.75) is 0 Å². The van der Waals surface area contributed by atoms with Gasteiger partial charge in [-0.05, 0) is 47.2 Å². The van der Waals surface area contributed by atoms with Gasteiger partial charge < -0.3 is 14.6 Å². The van der Waals surface area contributed by atoms with Crippen LogP contribution >= 0.6 is 0 Å². The predicted molar refractivity (Wildman–Crippen MR) is 120 cm³/mol. The molecule has 1 unspecified atom stereocenters. The molecule has 0 heterocycles. The molecule has 30 heavy (non-hydrogen) atoms. The second-order valence-electron chi connectivity index (χ2n) is 7.11. The van der Waals surface area contributed by atoms with E-state index in [1.165, 1.54) is 10.4 Å². The molecule has 1 atom stereocenters. The molecule has 0 saturated carbocycles. The third-order valence-corrected chi connectivity index (χ3v) is 5.74. The van der Waals surface area contributed by atoms with Crippen LogP contribution < -0.4 is 9.21 Å². The van der Waals surface area contributed by atoms with Gasteiger partial charge in [-0.25, -0.2) is 4.79 Å². The van der Waals surface area contributed by atoms with E-state index in [9.17, 15) is 18.7 Å². The van der Waals surface area contributed by atoms with Crippen LogP contribution in [0.1, 0.15) is 10.4 Å². The normalized spacial score (nSPS) is 12.1. The van der Waals surface area contributed by atoms with E-state index in [1.54, 1.807) is 36.4 Å². The number of carboxylic acid groups (broad SMARTS) is 1. The molecule has 4 aromatic rings. The molecule has 152 valence electrons. The maximum Gasteiger partial charge on any atom is 0.335 e. The fourth-order valence-electron chi connectivity index (χ4n) is 3.64. The number of anilines is 3. The summed E-state index contributed by atoms with van der Waals surface area (Å²) in [5.41, 5.74) is 2.20. The fourth-order valence-corrected chi connectivity index (χ4v) is 4.25. The van der Waals surface area contributed by atoms with Crippen LogP contribution in [0.3, 0.4) is 0 Å². The van der Waals surface area contributed by atoms with Crippen LogP contribution in [0, 0.1) is 0 Å². The predicted octanol–water partition coefficient (Wildman–Crippen LogP) is 4.69. The highest BCUT2D eigenvalue weighted by Gasteiger charge is 2.16.